The number of benzene rings is 1. The summed E-state index contributed by atoms with van der Waals surface area (Å²) in [5, 5.41) is 4.31. The van der Waals surface area contributed by atoms with Crippen molar-refractivity contribution in [2.45, 2.75) is 20.3 Å². The van der Waals surface area contributed by atoms with Gasteiger partial charge in [0.1, 0.15) is 0 Å². The van der Waals surface area contributed by atoms with Gasteiger partial charge in [0, 0.05) is 30.8 Å². The Hall–Kier alpha value is -1.90. The van der Waals surface area contributed by atoms with E-state index in [1.54, 1.807) is 4.68 Å². The fraction of sp³-hybridized carbons (Fsp3) is 0.286. The average molecular weight is 228 g/mol. The number of rotatable bonds is 3. The summed E-state index contributed by atoms with van der Waals surface area (Å²) in [6.07, 6.45) is 2.51. The highest BCUT2D eigenvalue weighted by molar-refractivity contribution is 5.97. The highest BCUT2D eigenvalue weighted by Gasteiger charge is 2.08. The van der Waals surface area contributed by atoms with Crippen molar-refractivity contribution in [2.24, 2.45) is 7.05 Å². The minimum Gasteiger partial charge on any atom is -0.294 e. The normalized spacial score (nSPS) is 10.5. The largest absolute Gasteiger partial charge is 0.294 e. The Bertz CT molecular complexity index is 555. The number of Topliss-reactive ketones (excluding diaryl/α,β-unsaturated/α-hetero) is 1. The van der Waals surface area contributed by atoms with Gasteiger partial charge in [-0.25, -0.2) is 0 Å². The first-order valence-corrected chi connectivity index (χ1v) is 5.75. The second-order valence-electron chi connectivity index (χ2n) is 4.16. The third-order valence-electron chi connectivity index (χ3n) is 2.83. The number of carbonyl (C=O) groups is 1. The molecule has 3 nitrogen and oxygen atoms in total. The summed E-state index contributed by atoms with van der Waals surface area (Å²) in [6.45, 7) is 3.86. The van der Waals surface area contributed by atoms with E-state index in [0.717, 1.165) is 22.4 Å². The van der Waals surface area contributed by atoms with Crippen LogP contribution in [0.25, 0.3) is 11.1 Å². The Kier molecular flexibility index (Phi) is 3.09. The van der Waals surface area contributed by atoms with Gasteiger partial charge in [-0.2, -0.15) is 5.10 Å². The molecule has 0 spiro atoms. The van der Waals surface area contributed by atoms with Crippen molar-refractivity contribution in [1.82, 2.24) is 9.78 Å². The van der Waals surface area contributed by atoms with Gasteiger partial charge in [0.05, 0.1) is 5.69 Å². The first kappa shape index (κ1) is 11.6. The minimum atomic E-state index is 0.174. The van der Waals surface area contributed by atoms with E-state index in [0.29, 0.717) is 6.42 Å². The van der Waals surface area contributed by atoms with Gasteiger partial charge >= 0.3 is 0 Å². The topological polar surface area (TPSA) is 34.9 Å². The first-order chi connectivity index (χ1) is 8.11. The molecule has 3 heteroatoms. The molecule has 0 fully saturated rings. The molecule has 88 valence electrons. The van der Waals surface area contributed by atoms with Crippen LogP contribution in [0.5, 0.6) is 0 Å². The van der Waals surface area contributed by atoms with Gasteiger partial charge in [-0.1, -0.05) is 25.1 Å². The zero-order valence-electron chi connectivity index (χ0n) is 10.4. The van der Waals surface area contributed by atoms with Gasteiger partial charge in [0.25, 0.3) is 0 Å². The zero-order valence-corrected chi connectivity index (χ0v) is 10.4. The lowest BCUT2D eigenvalue weighted by molar-refractivity contribution is 0.0988. The van der Waals surface area contributed by atoms with Crippen LogP contribution in [-0.4, -0.2) is 15.6 Å². The Balaban J connectivity index is 2.46. The summed E-state index contributed by atoms with van der Waals surface area (Å²) < 4.78 is 1.79. The lowest BCUT2D eigenvalue weighted by Crippen LogP contribution is -1.96. The van der Waals surface area contributed by atoms with Gasteiger partial charge in [0.2, 0.25) is 0 Å². The predicted molar refractivity (Wildman–Crippen MR) is 68.0 cm³/mol. The molecule has 0 aliphatic heterocycles. The predicted octanol–water partition coefficient (Wildman–Crippen LogP) is 2.99. The van der Waals surface area contributed by atoms with Crippen molar-refractivity contribution >= 4 is 5.78 Å². The van der Waals surface area contributed by atoms with Crippen LogP contribution in [0.3, 0.4) is 0 Å². The summed E-state index contributed by atoms with van der Waals surface area (Å²) in [4.78, 5) is 11.7. The number of ketones is 1. The molecule has 0 amide bonds. The van der Waals surface area contributed by atoms with Crippen molar-refractivity contribution in [2.75, 3.05) is 0 Å². The van der Waals surface area contributed by atoms with Gasteiger partial charge < -0.3 is 0 Å². The molecule has 1 aromatic heterocycles. The van der Waals surface area contributed by atoms with Crippen LogP contribution >= 0.6 is 0 Å². The third-order valence-corrected chi connectivity index (χ3v) is 2.83. The van der Waals surface area contributed by atoms with E-state index in [1.807, 2.05) is 51.4 Å². The second-order valence-corrected chi connectivity index (χ2v) is 4.16. The molecule has 0 saturated carbocycles. The number of aromatic nitrogens is 2. The summed E-state index contributed by atoms with van der Waals surface area (Å²) >= 11 is 0. The Morgan fingerprint density at radius 1 is 1.41 bits per heavy atom. The zero-order chi connectivity index (χ0) is 12.4. The van der Waals surface area contributed by atoms with E-state index >= 15 is 0 Å². The van der Waals surface area contributed by atoms with E-state index in [4.69, 9.17) is 0 Å². The fourth-order valence-corrected chi connectivity index (χ4v) is 1.95. The molecule has 0 bridgehead atoms. The van der Waals surface area contributed by atoms with E-state index in [9.17, 15) is 4.79 Å². The summed E-state index contributed by atoms with van der Waals surface area (Å²) in [5.41, 5.74) is 3.88. The maximum atomic E-state index is 11.7. The lowest BCUT2D eigenvalue weighted by Gasteiger charge is -2.02. The lowest BCUT2D eigenvalue weighted by atomic mass is 10.0. The average Bonchev–Trinajstić information content (AvgIpc) is 2.67. The van der Waals surface area contributed by atoms with E-state index in [2.05, 4.69) is 5.10 Å². The molecular weight excluding hydrogens is 212 g/mol. The minimum absolute atomic E-state index is 0.174. The maximum Gasteiger partial charge on any atom is 0.162 e. The van der Waals surface area contributed by atoms with Crippen LogP contribution in [-0.2, 0) is 7.05 Å². The van der Waals surface area contributed by atoms with Crippen molar-refractivity contribution < 1.29 is 4.79 Å². The van der Waals surface area contributed by atoms with Crippen molar-refractivity contribution in [3.8, 4) is 11.1 Å². The Labute approximate surface area is 101 Å². The van der Waals surface area contributed by atoms with Gasteiger partial charge in [-0.05, 0) is 18.6 Å². The van der Waals surface area contributed by atoms with Crippen molar-refractivity contribution in [3.05, 3.63) is 41.7 Å². The first-order valence-electron chi connectivity index (χ1n) is 5.75. The number of aryl methyl sites for hydroxylation is 2. The van der Waals surface area contributed by atoms with Crippen LogP contribution in [0.2, 0.25) is 0 Å². The SMILES string of the molecule is CCC(=O)c1cccc(-c2cn(C)nc2C)c1. The molecule has 0 unspecified atom stereocenters. The highest BCUT2D eigenvalue weighted by Crippen LogP contribution is 2.23. The van der Waals surface area contributed by atoms with Crippen LogP contribution in [0, 0.1) is 6.92 Å². The quantitative estimate of drug-likeness (QED) is 0.757. The molecule has 1 heterocycles. The number of hydrogen-bond donors (Lipinski definition) is 0. The molecule has 0 N–H and O–H groups in total. The molecule has 2 rings (SSSR count). The summed E-state index contributed by atoms with van der Waals surface area (Å²) in [7, 11) is 1.90. The van der Waals surface area contributed by atoms with Gasteiger partial charge in [0.15, 0.2) is 5.78 Å². The molecule has 0 aliphatic carbocycles. The van der Waals surface area contributed by atoms with Crippen LogP contribution < -0.4 is 0 Å². The molecule has 2 aromatic rings. The van der Waals surface area contributed by atoms with Crippen molar-refractivity contribution in [3.63, 3.8) is 0 Å². The monoisotopic (exact) mass is 228 g/mol. The second kappa shape index (κ2) is 4.53. The van der Waals surface area contributed by atoms with Gasteiger partial charge in [-0.3, -0.25) is 9.48 Å². The van der Waals surface area contributed by atoms with E-state index < -0.39 is 0 Å². The molecule has 0 saturated heterocycles. The number of carbonyl (C=O) groups excluding carboxylic acids is 1. The van der Waals surface area contributed by atoms with E-state index in [-0.39, 0.29) is 5.78 Å². The maximum absolute atomic E-state index is 11.7. The van der Waals surface area contributed by atoms with E-state index in [1.165, 1.54) is 0 Å². The fourth-order valence-electron chi connectivity index (χ4n) is 1.95. The Morgan fingerprint density at radius 3 is 2.76 bits per heavy atom. The molecule has 0 aliphatic rings. The standard InChI is InChI=1S/C14H16N2O/c1-4-14(17)12-7-5-6-11(8-12)13-9-16(3)15-10(13)2/h5-9H,4H2,1-3H3. The smallest absolute Gasteiger partial charge is 0.162 e. The number of hydrogen-bond acceptors (Lipinski definition) is 2. The Morgan fingerprint density at radius 2 is 2.18 bits per heavy atom. The van der Waals surface area contributed by atoms with Crippen LogP contribution in [0.15, 0.2) is 30.5 Å². The van der Waals surface area contributed by atoms with Crippen LogP contribution in [0.4, 0.5) is 0 Å². The molecular formula is C14H16N2O. The third kappa shape index (κ3) is 2.28. The molecule has 0 radical (unpaired) electrons. The summed E-state index contributed by atoms with van der Waals surface area (Å²) in [6, 6.07) is 7.73. The number of nitrogens with zero attached hydrogens (tertiary/aromatic N) is 2. The highest BCUT2D eigenvalue weighted by atomic mass is 16.1. The molecule has 0 atom stereocenters. The molecule has 17 heavy (non-hydrogen) atoms. The van der Waals surface area contributed by atoms with Crippen LogP contribution in [0.1, 0.15) is 29.4 Å². The van der Waals surface area contributed by atoms with Gasteiger partial charge in [-0.15, -0.1) is 0 Å². The molecule has 1 aromatic carbocycles. The summed E-state index contributed by atoms with van der Waals surface area (Å²) in [5.74, 6) is 0.174. The van der Waals surface area contributed by atoms with Crippen molar-refractivity contribution in [1.29, 1.82) is 0 Å².